The molecule has 0 spiro atoms. The molecular weight excluding hydrogens is 805 g/mol. The molecule has 0 saturated carbocycles. The van der Waals surface area contributed by atoms with E-state index in [0.29, 0.717) is 12.8 Å². The lowest BCUT2D eigenvalue weighted by Gasteiger charge is -2.18. The van der Waals surface area contributed by atoms with Crippen LogP contribution in [0.5, 0.6) is 0 Å². The number of allylic oxidation sites excluding steroid dienone is 20. The summed E-state index contributed by atoms with van der Waals surface area (Å²) in [6.45, 7) is 6.27. The van der Waals surface area contributed by atoms with Gasteiger partial charge >= 0.3 is 17.9 Å². The van der Waals surface area contributed by atoms with Gasteiger partial charge in [0.05, 0.1) is 0 Å². The summed E-state index contributed by atoms with van der Waals surface area (Å²) < 4.78 is 16.7. The molecule has 0 fully saturated rings. The van der Waals surface area contributed by atoms with Gasteiger partial charge in [0.15, 0.2) is 6.10 Å². The number of unbranched alkanes of at least 4 members (excludes halogenated alkanes) is 14. The largest absolute Gasteiger partial charge is 0.462 e. The van der Waals surface area contributed by atoms with E-state index in [4.69, 9.17) is 14.2 Å². The average molecular weight is 899 g/mol. The zero-order valence-corrected chi connectivity index (χ0v) is 41.7. The molecule has 0 radical (unpaired) electrons. The predicted octanol–water partition coefficient (Wildman–Crippen LogP) is 17.3. The minimum absolute atomic E-state index is 0.107. The third kappa shape index (κ3) is 50.7. The van der Waals surface area contributed by atoms with E-state index >= 15 is 0 Å². The molecule has 0 aromatic rings. The zero-order valence-electron chi connectivity index (χ0n) is 41.7. The topological polar surface area (TPSA) is 78.9 Å². The highest BCUT2D eigenvalue weighted by molar-refractivity contribution is 5.71. The Bertz CT molecular complexity index is 1400. The summed E-state index contributed by atoms with van der Waals surface area (Å²) in [7, 11) is 0. The van der Waals surface area contributed by atoms with Crippen molar-refractivity contribution in [2.45, 2.75) is 219 Å². The van der Waals surface area contributed by atoms with Crippen LogP contribution in [-0.2, 0) is 28.6 Å². The summed E-state index contributed by atoms with van der Waals surface area (Å²) in [4.78, 5) is 38.0. The van der Waals surface area contributed by atoms with Gasteiger partial charge < -0.3 is 14.2 Å². The Morgan fingerprint density at radius 2 is 0.600 bits per heavy atom. The van der Waals surface area contributed by atoms with Gasteiger partial charge in [-0.05, 0) is 122 Å². The van der Waals surface area contributed by atoms with Crippen LogP contribution in [0, 0.1) is 0 Å². The molecule has 366 valence electrons. The van der Waals surface area contributed by atoms with Crippen molar-refractivity contribution in [1.82, 2.24) is 0 Å². The molecule has 6 nitrogen and oxygen atoms in total. The third-order valence-corrected chi connectivity index (χ3v) is 10.4. The lowest BCUT2D eigenvalue weighted by molar-refractivity contribution is -0.167. The highest BCUT2D eigenvalue weighted by atomic mass is 16.6. The van der Waals surface area contributed by atoms with Crippen molar-refractivity contribution in [2.75, 3.05) is 13.2 Å². The van der Waals surface area contributed by atoms with Gasteiger partial charge in [-0.3, -0.25) is 14.4 Å². The van der Waals surface area contributed by atoms with Crippen molar-refractivity contribution in [3.63, 3.8) is 0 Å². The SMILES string of the molecule is CC/C=C\C/C=C\C/C=C\C/C=C\C/C=C\CCCCCCCC(=O)OCC(COC(=O)CCCCCCC/C=C\C/C=C\CCC)OC(=O)CCCCC/C=C\C/C=C\C/C=C\CC. The van der Waals surface area contributed by atoms with Crippen LogP contribution in [0.4, 0.5) is 0 Å². The Morgan fingerprint density at radius 3 is 0.954 bits per heavy atom. The average Bonchev–Trinajstić information content (AvgIpc) is 3.30. The van der Waals surface area contributed by atoms with Crippen LogP contribution in [0.3, 0.4) is 0 Å². The molecule has 0 amide bonds. The van der Waals surface area contributed by atoms with Crippen LogP contribution in [0.1, 0.15) is 213 Å². The van der Waals surface area contributed by atoms with Gasteiger partial charge in [0, 0.05) is 19.3 Å². The van der Waals surface area contributed by atoms with E-state index in [1.807, 2.05) is 0 Å². The van der Waals surface area contributed by atoms with Gasteiger partial charge in [0.1, 0.15) is 13.2 Å². The minimum Gasteiger partial charge on any atom is -0.462 e. The molecule has 0 aliphatic carbocycles. The molecule has 6 heteroatoms. The molecule has 0 rings (SSSR count). The minimum atomic E-state index is -0.810. The Kier molecular flexibility index (Phi) is 49.1. The molecule has 1 atom stereocenters. The summed E-state index contributed by atoms with van der Waals surface area (Å²) in [5.41, 5.74) is 0. The van der Waals surface area contributed by atoms with Crippen molar-refractivity contribution >= 4 is 17.9 Å². The van der Waals surface area contributed by atoms with E-state index in [2.05, 4.69) is 142 Å². The Morgan fingerprint density at radius 1 is 0.323 bits per heavy atom. The molecule has 65 heavy (non-hydrogen) atoms. The molecule has 0 N–H and O–H groups in total. The summed E-state index contributed by atoms with van der Waals surface area (Å²) >= 11 is 0. The van der Waals surface area contributed by atoms with Gasteiger partial charge in [-0.15, -0.1) is 0 Å². The smallest absolute Gasteiger partial charge is 0.306 e. The number of hydrogen-bond donors (Lipinski definition) is 0. The van der Waals surface area contributed by atoms with E-state index < -0.39 is 6.10 Å². The summed E-state index contributed by atoms with van der Waals surface area (Å²) in [5, 5.41) is 0. The Labute approximate surface area is 399 Å². The van der Waals surface area contributed by atoms with Gasteiger partial charge in [-0.1, -0.05) is 194 Å². The van der Waals surface area contributed by atoms with Crippen molar-refractivity contribution < 1.29 is 28.6 Å². The quantitative estimate of drug-likeness (QED) is 0.0262. The monoisotopic (exact) mass is 899 g/mol. The molecule has 0 aliphatic rings. The van der Waals surface area contributed by atoms with E-state index in [9.17, 15) is 14.4 Å². The van der Waals surface area contributed by atoms with Gasteiger partial charge in [-0.2, -0.15) is 0 Å². The summed E-state index contributed by atoms with van der Waals surface area (Å²) in [6, 6.07) is 0. The molecule has 0 saturated heterocycles. The molecule has 0 aliphatic heterocycles. The predicted molar refractivity (Wildman–Crippen MR) is 279 cm³/mol. The second-order valence-electron chi connectivity index (χ2n) is 16.7. The van der Waals surface area contributed by atoms with Crippen LogP contribution < -0.4 is 0 Å². The number of hydrogen-bond acceptors (Lipinski definition) is 6. The highest BCUT2D eigenvalue weighted by Gasteiger charge is 2.19. The van der Waals surface area contributed by atoms with Crippen LogP contribution in [0.15, 0.2) is 122 Å². The maximum Gasteiger partial charge on any atom is 0.306 e. The first-order valence-electron chi connectivity index (χ1n) is 26.0. The number of esters is 3. The maximum absolute atomic E-state index is 12.8. The Balaban J connectivity index is 4.46. The normalized spacial score (nSPS) is 13.1. The second-order valence-corrected chi connectivity index (χ2v) is 16.7. The first-order chi connectivity index (χ1) is 32.0. The van der Waals surface area contributed by atoms with Gasteiger partial charge in [-0.25, -0.2) is 0 Å². The summed E-state index contributed by atoms with van der Waals surface area (Å²) in [6.07, 6.45) is 71.8. The molecule has 0 aromatic heterocycles. The lowest BCUT2D eigenvalue weighted by atomic mass is 10.1. The number of carbonyl (C=O) groups excluding carboxylic acids is 3. The van der Waals surface area contributed by atoms with Crippen molar-refractivity contribution in [2.24, 2.45) is 0 Å². The Hall–Kier alpha value is -4.19. The van der Waals surface area contributed by atoms with Crippen LogP contribution in [0.2, 0.25) is 0 Å². The first kappa shape index (κ1) is 60.8. The van der Waals surface area contributed by atoms with Crippen molar-refractivity contribution in [3.8, 4) is 0 Å². The van der Waals surface area contributed by atoms with Crippen molar-refractivity contribution in [3.05, 3.63) is 122 Å². The first-order valence-corrected chi connectivity index (χ1v) is 26.0. The van der Waals surface area contributed by atoms with E-state index in [-0.39, 0.29) is 37.5 Å². The summed E-state index contributed by atoms with van der Waals surface area (Å²) in [5.74, 6) is -0.978. The molecule has 1 unspecified atom stereocenters. The zero-order chi connectivity index (χ0) is 47.2. The van der Waals surface area contributed by atoms with Crippen molar-refractivity contribution in [1.29, 1.82) is 0 Å². The van der Waals surface area contributed by atoms with Crippen LogP contribution in [-0.4, -0.2) is 37.2 Å². The maximum atomic E-state index is 12.8. The van der Waals surface area contributed by atoms with E-state index in [1.54, 1.807) is 0 Å². The fourth-order valence-corrected chi connectivity index (χ4v) is 6.58. The highest BCUT2D eigenvalue weighted by Crippen LogP contribution is 2.12. The molecular formula is C59H94O6. The van der Waals surface area contributed by atoms with Crippen LogP contribution in [0.25, 0.3) is 0 Å². The third-order valence-electron chi connectivity index (χ3n) is 10.4. The molecule has 0 bridgehead atoms. The second kappa shape index (κ2) is 52.4. The lowest BCUT2D eigenvalue weighted by Crippen LogP contribution is -2.30. The number of ether oxygens (including phenoxy) is 3. The fourth-order valence-electron chi connectivity index (χ4n) is 6.58. The van der Waals surface area contributed by atoms with Gasteiger partial charge in [0.2, 0.25) is 0 Å². The number of carbonyl (C=O) groups is 3. The molecule has 0 heterocycles. The van der Waals surface area contributed by atoms with Gasteiger partial charge in [0.25, 0.3) is 0 Å². The fraction of sp³-hybridized carbons (Fsp3) is 0.610. The van der Waals surface area contributed by atoms with Crippen LogP contribution >= 0.6 is 0 Å². The number of rotatable bonds is 45. The molecule has 0 aromatic carbocycles. The standard InChI is InChI=1S/C59H94O6/c1-4-7-10-13-16-19-22-25-26-27-28-29-30-31-32-35-37-40-43-46-49-52-58(61)64-55-56(65-59(62)53-50-47-44-41-38-34-24-21-18-15-12-9-6-3)54-63-57(60)51-48-45-42-39-36-33-23-20-17-14-11-8-5-2/h7,9-12,14,16,18-21,23,25-26,28-29,31-32,34,38,56H,4-6,8,13,15,17,22,24,27,30,33,35-37,39-55H2,1-3H3/b10-7-,12-9-,14-11-,19-16-,21-18-,23-20-,26-25-,29-28-,32-31-,38-34-. The van der Waals surface area contributed by atoms with E-state index in [1.165, 1.54) is 6.42 Å². The van der Waals surface area contributed by atoms with E-state index in [0.717, 1.165) is 167 Å².